The molecule has 0 heterocycles. The van der Waals surface area contributed by atoms with Gasteiger partial charge < -0.3 is 15.8 Å². The predicted octanol–water partition coefficient (Wildman–Crippen LogP) is 1.31. The number of ether oxygens (including phenoxy) is 1. The van der Waals surface area contributed by atoms with Crippen molar-refractivity contribution in [2.45, 2.75) is 19.3 Å². The third-order valence-corrected chi connectivity index (χ3v) is 2.29. The average Bonchev–Trinajstić information content (AvgIpc) is 2.33. The lowest BCUT2D eigenvalue weighted by Gasteiger charge is -2.06. The van der Waals surface area contributed by atoms with Crippen LogP contribution in [0.25, 0.3) is 0 Å². The Morgan fingerprint density at radius 3 is 2.59 bits per heavy atom. The van der Waals surface area contributed by atoms with Gasteiger partial charge in [0.05, 0.1) is 6.61 Å². The summed E-state index contributed by atoms with van der Waals surface area (Å²) in [4.78, 5) is 10.5. The Morgan fingerprint density at radius 2 is 1.88 bits per heavy atom. The van der Waals surface area contributed by atoms with E-state index in [9.17, 15) is 4.79 Å². The van der Waals surface area contributed by atoms with Gasteiger partial charge in [-0.1, -0.05) is 18.2 Å². The van der Waals surface area contributed by atoms with Crippen LogP contribution in [0, 0.1) is 0 Å². The van der Waals surface area contributed by atoms with E-state index in [1.54, 1.807) is 0 Å². The zero-order chi connectivity index (χ0) is 12.3. The molecule has 4 heteroatoms. The van der Waals surface area contributed by atoms with Gasteiger partial charge in [0.25, 0.3) is 0 Å². The van der Waals surface area contributed by atoms with Crippen LogP contribution in [0.1, 0.15) is 19.3 Å². The van der Waals surface area contributed by atoms with Crippen molar-refractivity contribution in [1.29, 1.82) is 0 Å². The van der Waals surface area contributed by atoms with Crippen LogP contribution in [0.2, 0.25) is 0 Å². The maximum atomic E-state index is 10.5. The Hall–Kier alpha value is -1.55. The molecule has 1 aromatic carbocycles. The zero-order valence-corrected chi connectivity index (χ0v) is 10.0. The van der Waals surface area contributed by atoms with E-state index in [2.05, 4.69) is 5.32 Å². The number of hydrogen-bond donors (Lipinski definition) is 2. The molecule has 0 fully saturated rings. The van der Waals surface area contributed by atoms with Crippen molar-refractivity contribution in [2.24, 2.45) is 5.73 Å². The molecule has 0 bridgehead atoms. The molecule has 1 amide bonds. The van der Waals surface area contributed by atoms with Crippen LogP contribution in [0.4, 0.5) is 0 Å². The van der Waals surface area contributed by atoms with Crippen LogP contribution in [-0.4, -0.2) is 25.6 Å². The molecule has 0 saturated carbocycles. The molecule has 94 valence electrons. The summed E-state index contributed by atoms with van der Waals surface area (Å²) in [6.45, 7) is 2.42. The van der Waals surface area contributed by atoms with Gasteiger partial charge in [-0.15, -0.1) is 0 Å². The highest BCUT2D eigenvalue weighted by Gasteiger charge is 1.94. The fraction of sp³-hybridized carbons (Fsp3) is 0.462. The van der Waals surface area contributed by atoms with Gasteiger partial charge in [0.2, 0.25) is 5.91 Å². The van der Waals surface area contributed by atoms with Crippen molar-refractivity contribution in [3.8, 4) is 5.75 Å². The summed E-state index contributed by atoms with van der Waals surface area (Å²) >= 11 is 0. The summed E-state index contributed by atoms with van der Waals surface area (Å²) in [6, 6.07) is 9.77. The second-order valence-electron chi connectivity index (χ2n) is 3.83. The first kappa shape index (κ1) is 13.5. The highest BCUT2D eigenvalue weighted by atomic mass is 16.5. The lowest BCUT2D eigenvalue weighted by molar-refractivity contribution is -0.118. The molecular formula is C13H20N2O2. The van der Waals surface area contributed by atoms with E-state index in [0.29, 0.717) is 13.0 Å². The van der Waals surface area contributed by atoms with Gasteiger partial charge in [-0.3, -0.25) is 4.79 Å². The predicted molar refractivity (Wildman–Crippen MR) is 67.9 cm³/mol. The Bertz CT molecular complexity index is 314. The molecule has 1 rings (SSSR count). The van der Waals surface area contributed by atoms with Crippen LogP contribution >= 0.6 is 0 Å². The summed E-state index contributed by atoms with van der Waals surface area (Å²) in [5.74, 6) is 0.667. The van der Waals surface area contributed by atoms with E-state index in [1.807, 2.05) is 30.3 Å². The SMILES string of the molecule is NC(=O)CCCNCCCOc1ccccc1. The highest BCUT2D eigenvalue weighted by Crippen LogP contribution is 2.07. The Labute approximate surface area is 102 Å². The molecule has 0 aliphatic carbocycles. The fourth-order valence-corrected chi connectivity index (χ4v) is 1.42. The van der Waals surface area contributed by atoms with Gasteiger partial charge in [-0.2, -0.15) is 0 Å². The van der Waals surface area contributed by atoms with Crippen LogP contribution < -0.4 is 15.8 Å². The molecule has 0 aromatic heterocycles. The molecule has 0 radical (unpaired) electrons. The number of carbonyl (C=O) groups excluding carboxylic acids is 1. The lowest BCUT2D eigenvalue weighted by Crippen LogP contribution is -2.20. The summed E-state index contributed by atoms with van der Waals surface area (Å²) < 4.78 is 5.54. The molecule has 0 saturated heterocycles. The van der Waals surface area contributed by atoms with Crippen LogP contribution in [0.15, 0.2) is 30.3 Å². The fourth-order valence-electron chi connectivity index (χ4n) is 1.42. The average molecular weight is 236 g/mol. The van der Waals surface area contributed by atoms with Gasteiger partial charge >= 0.3 is 0 Å². The summed E-state index contributed by atoms with van der Waals surface area (Å²) in [6.07, 6.45) is 2.20. The second-order valence-corrected chi connectivity index (χ2v) is 3.83. The number of amides is 1. The first-order valence-corrected chi connectivity index (χ1v) is 5.96. The van der Waals surface area contributed by atoms with Gasteiger partial charge in [-0.25, -0.2) is 0 Å². The number of benzene rings is 1. The topological polar surface area (TPSA) is 64.4 Å². The van der Waals surface area contributed by atoms with Crippen molar-refractivity contribution in [2.75, 3.05) is 19.7 Å². The van der Waals surface area contributed by atoms with E-state index in [0.717, 1.165) is 31.7 Å². The molecule has 0 spiro atoms. The van der Waals surface area contributed by atoms with E-state index in [4.69, 9.17) is 10.5 Å². The van der Waals surface area contributed by atoms with E-state index in [1.165, 1.54) is 0 Å². The molecule has 0 aliphatic heterocycles. The van der Waals surface area contributed by atoms with Crippen molar-refractivity contribution >= 4 is 5.91 Å². The minimum absolute atomic E-state index is 0.237. The van der Waals surface area contributed by atoms with Crippen LogP contribution in [0.5, 0.6) is 5.75 Å². The van der Waals surface area contributed by atoms with Crippen molar-refractivity contribution in [3.63, 3.8) is 0 Å². The normalized spacial score (nSPS) is 10.1. The number of nitrogens with two attached hydrogens (primary N) is 1. The van der Waals surface area contributed by atoms with E-state index in [-0.39, 0.29) is 5.91 Å². The maximum absolute atomic E-state index is 10.5. The molecule has 3 N–H and O–H groups in total. The molecule has 17 heavy (non-hydrogen) atoms. The monoisotopic (exact) mass is 236 g/mol. The molecule has 0 aliphatic rings. The van der Waals surface area contributed by atoms with E-state index >= 15 is 0 Å². The first-order chi connectivity index (χ1) is 8.29. The van der Waals surface area contributed by atoms with E-state index < -0.39 is 0 Å². The van der Waals surface area contributed by atoms with Crippen LogP contribution in [-0.2, 0) is 4.79 Å². The summed E-state index contributed by atoms with van der Waals surface area (Å²) in [5.41, 5.74) is 5.03. The number of primary amides is 1. The third kappa shape index (κ3) is 7.36. The quantitative estimate of drug-likeness (QED) is 0.635. The van der Waals surface area contributed by atoms with Gasteiger partial charge in [0.1, 0.15) is 5.75 Å². The Kier molecular flexibility index (Phi) is 6.82. The van der Waals surface area contributed by atoms with Gasteiger partial charge in [0.15, 0.2) is 0 Å². The molecule has 4 nitrogen and oxygen atoms in total. The minimum Gasteiger partial charge on any atom is -0.494 e. The van der Waals surface area contributed by atoms with Crippen molar-refractivity contribution in [1.82, 2.24) is 5.32 Å². The zero-order valence-electron chi connectivity index (χ0n) is 10.0. The number of rotatable bonds is 9. The lowest BCUT2D eigenvalue weighted by atomic mass is 10.3. The summed E-state index contributed by atoms with van der Waals surface area (Å²) in [7, 11) is 0. The van der Waals surface area contributed by atoms with Gasteiger partial charge in [0, 0.05) is 6.42 Å². The number of nitrogens with one attached hydrogen (secondary N) is 1. The van der Waals surface area contributed by atoms with Crippen molar-refractivity contribution in [3.05, 3.63) is 30.3 Å². The number of carbonyl (C=O) groups is 1. The molecule has 0 unspecified atom stereocenters. The molecule has 1 aromatic rings. The Morgan fingerprint density at radius 1 is 1.18 bits per heavy atom. The third-order valence-electron chi connectivity index (χ3n) is 2.29. The van der Waals surface area contributed by atoms with Crippen LogP contribution in [0.3, 0.4) is 0 Å². The molecular weight excluding hydrogens is 216 g/mol. The maximum Gasteiger partial charge on any atom is 0.217 e. The number of para-hydroxylation sites is 1. The largest absolute Gasteiger partial charge is 0.494 e. The second kappa shape index (κ2) is 8.58. The minimum atomic E-state index is -0.237. The van der Waals surface area contributed by atoms with Crippen molar-refractivity contribution < 1.29 is 9.53 Å². The smallest absolute Gasteiger partial charge is 0.217 e. The Balaban J connectivity index is 1.90. The number of hydrogen-bond acceptors (Lipinski definition) is 3. The molecule has 0 atom stereocenters. The first-order valence-electron chi connectivity index (χ1n) is 5.96. The summed E-state index contributed by atoms with van der Waals surface area (Å²) in [5, 5.41) is 3.24. The highest BCUT2D eigenvalue weighted by molar-refractivity contribution is 5.73. The van der Waals surface area contributed by atoms with Gasteiger partial charge in [-0.05, 0) is 38.1 Å². The standard InChI is InChI=1S/C13H20N2O2/c14-13(16)8-4-9-15-10-5-11-17-12-6-2-1-3-7-12/h1-3,6-7,15H,4-5,8-11H2,(H2,14,16).